The van der Waals surface area contributed by atoms with Crippen molar-refractivity contribution in [2.75, 3.05) is 11.9 Å². The summed E-state index contributed by atoms with van der Waals surface area (Å²) in [5.74, 6) is 0.918. The number of nitrogens with one attached hydrogen (secondary N) is 1. The number of rotatable bonds is 4. The minimum atomic E-state index is 0.885. The van der Waals surface area contributed by atoms with Gasteiger partial charge in [0, 0.05) is 34.9 Å². The summed E-state index contributed by atoms with van der Waals surface area (Å²) in [6.07, 6.45) is 5.42. The normalized spacial score (nSPS) is 10.1. The van der Waals surface area contributed by atoms with Crippen molar-refractivity contribution in [2.24, 2.45) is 0 Å². The van der Waals surface area contributed by atoms with Crippen LogP contribution in [0.25, 0.3) is 0 Å². The molecule has 0 amide bonds. The van der Waals surface area contributed by atoms with E-state index < -0.39 is 0 Å². The number of pyridine rings is 2. The molecule has 2 aromatic heterocycles. The number of anilines is 1. The summed E-state index contributed by atoms with van der Waals surface area (Å²) in [5, 5.41) is 3.20. The van der Waals surface area contributed by atoms with E-state index >= 15 is 0 Å². The first-order valence-corrected chi connectivity index (χ1v) is 5.98. The van der Waals surface area contributed by atoms with E-state index in [9.17, 15) is 0 Å². The van der Waals surface area contributed by atoms with Gasteiger partial charge in [0.25, 0.3) is 0 Å². The number of nitrogens with zero attached hydrogens (tertiary/aromatic N) is 2. The Hall–Kier alpha value is -1.55. The third kappa shape index (κ3) is 2.97. The van der Waals surface area contributed by atoms with Gasteiger partial charge in [0.1, 0.15) is 5.82 Å². The molecule has 0 aliphatic carbocycles. The maximum atomic E-state index is 4.23. The van der Waals surface area contributed by atoms with E-state index in [2.05, 4.69) is 28.3 Å². The van der Waals surface area contributed by atoms with Crippen LogP contribution in [0, 0.1) is 0 Å². The minimum Gasteiger partial charge on any atom is -0.370 e. The fraction of sp³-hybridized carbons (Fsp3) is 0.167. The second kappa shape index (κ2) is 5.51. The molecule has 0 saturated carbocycles. The molecule has 2 rings (SSSR count). The molecule has 2 aromatic rings. The largest absolute Gasteiger partial charge is 0.370 e. The van der Waals surface area contributed by atoms with E-state index in [1.165, 1.54) is 9.79 Å². The Labute approximate surface area is 99.3 Å². The lowest BCUT2D eigenvalue weighted by molar-refractivity contribution is 1.14. The zero-order chi connectivity index (χ0) is 11.2. The van der Waals surface area contributed by atoms with Crippen LogP contribution in [0.5, 0.6) is 0 Å². The van der Waals surface area contributed by atoms with E-state index in [1.807, 2.05) is 24.4 Å². The zero-order valence-electron chi connectivity index (χ0n) is 9.05. The predicted octanol–water partition coefficient (Wildman–Crippen LogP) is 3.06. The Morgan fingerprint density at radius 3 is 2.62 bits per heavy atom. The van der Waals surface area contributed by atoms with Crippen molar-refractivity contribution in [3.05, 3.63) is 42.9 Å². The van der Waals surface area contributed by atoms with Crippen molar-refractivity contribution in [1.82, 2.24) is 9.97 Å². The van der Waals surface area contributed by atoms with Crippen molar-refractivity contribution in [1.29, 1.82) is 0 Å². The molecular formula is C12H13N3S. The lowest BCUT2D eigenvalue weighted by atomic mass is 10.4. The Bertz CT molecular complexity index is 445. The van der Waals surface area contributed by atoms with E-state index in [1.54, 1.807) is 24.2 Å². The second-order valence-corrected chi connectivity index (χ2v) is 4.34. The smallest absolute Gasteiger partial charge is 0.126 e. The quantitative estimate of drug-likeness (QED) is 0.877. The molecular weight excluding hydrogens is 218 g/mol. The number of aromatic nitrogens is 2. The molecule has 0 aromatic carbocycles. The molecule has 0 aliphatic heterocycles. The summed E-state index contributed by atoms with van der Waals surface area (Å²) in [7, 11) is 0. The first-order chi connectivity index (χ1) is 7.88. The molecule has 16 heavy (non-hydrogen) atoms. The predicted molar refractivity (Wildman–Crippen MR) is 66.8 cm³/mol. The number of hydrogen-bond donors (Lipinski definition) is 1. The van der Waals surface area contributed by atoms with Gasteiger partial charge in [-0.3, -0.25) is 4.98 Å². The molecule has 4 heteroatoms. The molecule has 2 heterocycles. The molecule has 0 spiro atoms. The summed E-state index contributed by atoms with van der Waals surface area (Å²) in [5.41, 5.74) is 0. The van der Waals surface area contributed by atoms with E-state index in [-0.39, 0.29) is 0 Å². The van der Waals surface area contributed by atoms with Crippen molar-refractivity contribution >= 4 is 17.6 Å². The Kier molecular flexibility index (Phi) is 3.77. The standard InChI is InChI=1S/C12H13N3S/c1-2-14-12-9-11(5-8-15-12)16-10-3-6-13-7-4-10/h3-9H,2H2,1H3,(H,14,15). The van der Waals surface area contributed by atoms with Crippen molar-refractivity contribution in [3.63, 3.8) is 0 Å². The number of hydrogen-bond acceptors (Lipinski definition) is 4. The Morgan fingerprint density at radius 2 is 1.88 bits per heavy atom. The zero-order valence-corrected chi connectivity index (χ0v) is 9.87. The summed E-state index contributed by atoms with van der Waals surface area (Å²) in [6.45, 7) is 2.95. The molecule has 3 nitrogen and oxygen atoms in total. The van der Waals surface area contributed by atoms with Crippen LogP contribution < -0.4 is 5.32 Å². The molecule has 0 fully saturated rings. The molecule has 0 unspecified atom stereocenters. The lowest BCUT2D eigenvalue weighted by Gasteiger charge is -2.04. The highest BCUT2D eigenvalue weighted by atomic mass is 32.2. The Morgan fingerprint density at radius 1 is 1.12 bits per heavy atom. The fourth-order valence-corrected chi connectivity index (χ4v) is 2.12. The highest BCUT2D eigenvalue weighted by molar-refractivity contribution is 7.99. The van der Waals surface area contributed by atoms with Crippen LogP contribution in [0.2, 0.25) is 0 Å². The van der Waals surface area contributed by atoms with Gasteiger partial charge in [-0.15, -0.1) is 0 Å². The maximum Gasteiger partial charge on any atom is 0.126 e. The molecule has 0 aliphatic rings. The first-order valence-electron chi connectivity index (χ1n) is 5.16. The molecule has 0 atom stereocenters. The maximum absolute atomic E-state index is 4.23. The van der Waals surface area contributed by atoms with Crippen LogP contribution in [-0.4, -0.2) is 16.5 Å². The van der Waals surface area contributed by atoms with Gasteiger partial charge in [-0.2, -0.15) is 0 Å². The summed E-state index contributed by atoms with van der Waals surface area (Å²) < 4.78 is 0. The minimum absolute atomic E-state index is 0.885. The SMILES string of the molecule is CCNc1cc(Sc2ccncc2)ccn1. The second-order valence-electron chi connectivity index (χ2n) is 3.19. The molecule has 82 valence electrons. The van der Waals surface area contributed by atoms with Gasteiger partial charge in [0.2, 0.25) is 0 Å². The highest BCUT2D eigenvalue weighted by Crippen LogP contribution is 2.27. The lowest BCUT2D eigenvalue weighted by Crippen LogP contribution is -1.98. The molecule has 1 N–H and O–H groups in total. The van der Waals surface area contributed by atoms with Crippen LogP contribution >= 0.6 is 11.8 Å². The van der Waals surface area contributed by atoms with Crippen molar-refractivity contribution in [3.8, 4) is 0 Å². The summed E-state index contributed by atoms with van der Waals surface area (Å²) in [6, 6.07) is 8.05. The third-order valence-electron chi connectivity index (χ3n) is 1.97. The summed E-state index contributed by atoms with van der Waals surface area (Å²) in [4.78, 5) is 10.6. The fourth-order valence-electron chi connectivity index (χ4n) is 1.29. The van der Waals surface area contributed by atoms with Crippen molar-refractivity contribution < 1.29 is 0 Å². The average molecular weight is 231 g/mol. The van der Waals surface area contributed by atoms with Crippen LogP contribution in [-0.2, 0) is 0 Å². The highest BCUT2D eigenvalue weighted by Gasteiger charge is 1.98. The van der Waals surface area contributed by atoms with Gasteiger partial charge in [-0.1, -0.05) is 11.8 Å². The third-order valence-corrected chi connectivity index (χ3v) is 2.97. The van der Waals surface area contributed by atoms with Gasteiger partial charge < -0.3 is 5.32 Å². The first kappa shape index (κ1) is 11.0. The van der Waals surface area contributed by atoms with Gasteiger partial charge in [-0.25, -0.2) is 4.98 Å². The van der Waals surface area contributed by atoms with E-state index in [0.29, 0.717) is 0 Å². The molecule has 0 saturated heterocycles. The van der Waals surface area contributed by atoms with Gasteiger partial charge >= 0.3 is 0 Å². The van der Waals surface area contributed by atoms with Crippen molar-refractivity contribution in [2.45, 2.75) is 16.7 Å². The van der Waals surface area contributed by atoms with Crippen LogP contribution in [0.4, 0.5) is 5.82 Å². The topological polar surface area (TPSA) is 37.8 Å². The monoisotopic (exact) mass is 231 g/mol. The van der Waals surface area contributed by atoms with Gasteiger partial charge in [0.05, 0.1) is 0 Å². The van der Waals surface area contributed by atoms with Gasteiger partial charge in [0.15, 0.2) is 0 Å². The van der Waals surface area contributed by atoms with Crippen LogP contribution in [0.15, 0.2) is 52.6 Å². The van der Waals surface area contributed by atoms with Crippen LogP contribution in [0.3, 0.4) is 0 Å². The van der Waals surface area contributed by atoms with E-state index in [4.69, 9.17) is 0 Å². The van der Waals surface area contributed by atoms with E-state index in [0.717, 1.165) is 12.4 Å². The molecule has 0 bridgehead atoms. The average Bonchev–Trinajstić information content (AvgIpc) is 2.31. The van der Waals surface area contributed by atoms with Gasteiger partial charge in [-0.05, 0) is 31.2 Å². The molecule has 0 radical (unpaired) electrons. The van der Waals surface area contributed by atoms with Crippen LogP contribution in [0.1, 0.15) is 6.92 Å². The summed E-state index contributed by atoms with van der Waals surface area (Å²) >= 11 is 1.71. The Balaban J connectivity index is 2.12.